The van der Waals surface area contributed by atoms with Gasteiger partial charge in [-0.2, -0.15) is 0 Å². The molecule has 0 unspecified atom stereocenters. The van der Waals surface area contributed by atoms with Crippen molar-refractivity contribution in [3.8, 4) is 11.4 Å². The summed E-state index contributed by atoms with van der Waals surface area (Å²) in [6, 6.07) is 10.00. The molecular formula is C12H12N2S. The second kappa shape index (κ2) is 3.95. The highest BCUT2D eigenvalue weighted by atomic mass is 32.1. The molecule has 0 amide bonds. The Balaban J connectivity index is 2.61. The molecule has 1 aromatic heterocycles. The lowest BCUT2D eigenvalue weighted by molar-refractivity contribution is 1.06. The molecule has 0 radical (unpaired) electrons. The van der Waals surface area contributed by atoms with E-state index >= 15 is 0 Å². The Bertz CT molecular complexity index is 529. The smallest absolute Gasteiger partial charge is 0.139 e. The molecule has 0 bridgehead atoms. The van der Waals surface area contributed by atoms with E-state index in [-0.39, 0.29) is 0 Å². The fraction of sp³-hybridized carbons (Fsp3) is 0.167. The van der Waals surface area contributed by atoms with Crippen molar-refractivity contribution in [1.82, 2.24) is 9.97 Å². The average molecular weight is 216 g/mol. The third kappa shape index (κ3) is 1.97. The maximum atomic E-state index is 5.20. The lowest BCUT2D eigenvalue weighted by atomic mass is 10.2. The van der Waals surface area contributed by atoms with Crippen LogP contribution in [-0.4, -0.2) is 9.97 Å². The highest BCUT2D eigenvalue weighted by Crippen LogP contribution is 2.15. The van der Waals surface area contributed by atoms with Gasteiger partial charge >= 0.3 is 0 Å². The first kappa shape index (κ1) is 10.1. The lowest BCUT2D eigenvalue weighted by Crippen LogP contribution is -1.95. The summed E-state index contributed by atoms with van der Waals surface area (Å²) < 4.78 is 0.671. The second-order valence-corrected chi connectivity index (χ2v) is 3.89. The maximum absolute atomic E-state index is 5.20. The van der Waals surface area contributed by atoms with E-state index in [1.54, 1.807) is 0 Å². The molecule has 0 saturated heterocycles. The number of nitrogens with zero attached hydrogens (tertiary/aromatic N) is 1. The van der Waals surface area contributed by atoms with E-state index in [4.69, 9.17) is 12.2 Å². The van der Waals surface area contributed by atoms with Crippen LogP contribution in [0.5, 0.6) is 0 Å². The average Bonchev–Trinajstić information content (AvgIpc) is 2.26. The van der Waals surface area contributed by atoms with Crippen LogP contribution in [0.4, 0.5) is 0 Å². The number of nitrogens with one attached hydrogen (secondary N) is 1. The molecule has 15 heavy (non-hydrogen) atoms. The standard InChI is InChI=1S/C12H12N2S/c1-8-9(2)13-11(14-12(8)15)10-6-4-3-5-7-10/h3-7H,1-2H3,(H,13,14,15). The third-order valence-corrected chi connectivity index (χ3v) is 2.85. The number of aryl methyl sites for hydroxylation is 1. The van der Waals surface area contributed by atoms with E-state index in [1.807, 2.05) is 44.2 Å². The molecule has 2 rings (SSSR count). The summed E-state index contributed by atoms with van der Waals surface area (Å²) in [4.78, 5) is 7.62. The van der Waals surface area contributed by atoms with Crippen molar-refractivity contribution < 1.29 is 0 Å². The minimum atomic E-state index is 0.671. The van der Waals surface area contributed by atoms with Gasteiger partial charge in [-0.05, 0) is 13.8 Å². The van der Waals surface area contributed by atoms with Gasteiger partial charge in [-0.1, -0.05) is 42.5 Å². The third-order valence-electron chi connectivity index (χ3n) is 2.45. The van der Waals surface area contributed by atoms with E-state index < -0.39 is 0 Å². The molecule has 76 valence electrons. The van der Waals surface area contributed by atoms with E-state index in [9.17, 15) is 0 Å². The number of aromatic nitrogens is 2. The van der Waals surface area contributed by atoms with Crippen molar-refractivity contribution in [2.24, 2.45) is 0 Å². The first-order valence-corrected chi connectivity index (χ1v) is 5.22. The molecule has 0 atom stereocenters. The first-order valence-electron chi connectivity index (χ1n) is 4.81. The molecule has 0 aliphatic carbocycles. The Morgan fingerprint density at radius 2 is 1.80 bits per heavy atom. The number of hydrogen-bond acceptors (Lipinski definition) is 2. The van der Waals surface area contributed by atoms with Gasteiger partial charge in [-0.25, -0.2) is 4.98 Å². The number of aromatic amines is 1. The van der Waals surface area contributed by atoms with Gasteiger partial charge in [-0.15, -0.1) is 0 Å². The van der Waals surface area contributed by atoms with Crippen LogP contribution in [0.15, 0.2) is 30.3 Å². The largest absolute Gasteiger partial charge is 0.343 e. The van der Waals surface area contributed by atoms with Gasteiger partial charge in [0.25, 0.3) is 0 Å². The van der Waals surface area contributed by atoms with E-state index in [0.717, 1.165) is 22.6 Å². The van der Waals surface area contributed by atoms with Gasteiger partial charge in [0.15, 0.2) is 0 Å². The summed E-state index contributed by atoms with van der Waals surface area (Å²) in [5, 5.41) is 0. The molecule has 0 aliphatic heterocycles. The van der Waals surface area contributed by atoms with Crippen molar-refractivity contribution in [1.29, 1.82) is 0 Å². The minimum absolute atomic E-state index is 0.671. The highest BCUT2D eigenvalue weighted by Gasteiger charge is 2.02. The summed E-state index contributed by atoms with van der Waals surface area (Å²) in [5.41, 5.74) is 3.19. The van der Waals surface area contributed by atoms with Crippen molar-refractivity contribution in [3.05, 3.63) is 46.2 Å². The van der Waals surface area contributed by atoms with Crippen LogP contribution in [-0.2, 0) is 0 Å². The second-order valence-electron chi connectivity index (χ2n) is 3.51. The van der Waals surface area contributed by atoms with Crippen molar-refractivity contribution >= 4 is 12.2 Å². The normalized spacial score (nSPS) is 10.3. The molecule has 1 aromatic carbocycles. The zero-order chi connectivity index (χ0) is 10.8. The zero-order valence-electron chi connectivity index (χ0n) is 8.74. The van der Waals surface area contributed by atoms with Crippen molar-refractivity contribution in [2.75, 3.05) is 0 Å². The van der Waals surface area contributed by atoms with Gasteiger partial charge in [0.2, 0.25) is 0 Å². The number of benzene rings is 1. The van der Waals surface area contributed by atoms with E-state index in [1.165, 1.54) is 0 Å². The summed E-state index contributed by atoms with van der Waals surface area (Å²) in [5.74, 6) is 0.837. The Hall–Kier alpha value is -1.48. The van der Waals surface area contributed by atoms with Gasteiger partial charge < -0.3 is 4.98 Å². The molecule has 0 saturated carbocycles. The van der Waals surface area contributed by atoms with Crippen LogP contribution in [0.3, 0.4) is 0 Å². The molecule has 2 aromatic rings. The molecule has 1 N–H and O–H groups in total. The van der Waals surface area contributed by atoms with Crippen LogP contribution < -0.4 is 0 Å². The predicted octanol–water partition coefficient (Wildman–Crippen LogP) is 3.42. The quantitative estimate of drug-likeness (QED) is 0.740. The molecule has 2 nitrogen and oxygen atoms in total. The fourth-order valence-electron chi connectivity index (χ4n) is 1.38. The van der Waals surface area contributed by atoms with Crippen LogP contribution in [0, 0.1) is 18.5 Å². The maximum Gasteiger partial charge on any atom is 0.139 e. The predicted molar refractivity (Wildman–Crippen MR) is 64.3 cm³/mol. The summed E-state index contributed by atoms with van der Waals surface area (Å²) in [6.45, 7) is 4.00. The monoisotopic (exact) mass is 216 g/mol. The summed E-state index contributed by atoms with van der Waals surface area (Å²) in [7, 11) is 0. The Morgan fingerprint density at radius 1 is 1.13 bits per heavy atom. The van der Waals surface area contributed by atoms with Crippen LogP contribution in [0.1, 0.15) is 11.3 Å². The Labute approximate surface area is 94.0 Å². The fourth-order valence-corrected chi connectivity index (χ4v) is 1.62. The highest BCUT2D eigenvalue weighted by molar-refractivity contribution is 7.71. The molecular weight excluding hydrogens is 204 g/mol. The van der Waals surface area contributed by atoms with Gasteiger partial charge in [0.1, 0.15) is 10.5 Å². The number of hydrogen-bond donors (Lipinski definition) is 1. The first-order chi connectivity index (χ1) is 7.18. The van der Waals surface area contributed by atoms with Crippen LogP contribution in [0.2, 0.25) is 0 Å². The van der Waals surface area contributed by atoms with Crippen molar-refractivity contribution in [2.45, 2.75) is 13.8 Å². The summed E-state index contributed by atoms with van der Waals surface area (Å²) in [6.07, 6.45) is 0. The molecule has 0 spiro atoms. The van der Waals surface area contributed by atoms with E-state index in [0.29, 0.717) is 4.64 Å². The lowest BCUT2D eigenvalue weighted by Gasteiger charge is -2.05. The Kier molecular flexibility index (Phi) is 2.64. The van der Waals surface area contributed by atoms with E-state index in [2.05, 4.69) is 9.97 Å². The minimum Gasteiger partial charge on any atom is -0.343 e. The van der Waals surface area contributed by atoms with Gasteiger partial charge in [0, 0.05) is 16.8 Å². The zero-order valence-corrected chi connectivity index (χ0v) is 9.56. The van der Waals surface area contributed by atoms with Gasteiger partial charge in [-0.3, -0.25) is 0 Å². The van der Waals surface area contributed by atoms with Crippen LogP contribution in [0.25, 0.3) is 11.4 Å². The number of rotatable bonds is 1. The molecule has 0 fully saturated rings. The summed E-state index contributed by atoms with van der Waals surface area (Å²) >= 11 is 5.20. The topological polar surface area (TPSA) is 28.7 Å². The molecule has 3 heteroatoms. The molecule has 0 aliphatic rings. The van der Waals surface area contributed by atoms with Crippen LogP contribution >= 0.6 is 12.2 Å². The SMILES string of the molecule is Cc1[nH]c(-c2ccccc2)nc(=S)c1C. The van der Waals surface area contributed by atoms with Gasteiger partial charge in [0.05, 0.1) is 0 Å². The van der Waals surface area contributed by atoms with Crippen molar-refractivity contribution in [3.63, 3.8) is 0 Å². The Morgan fingerprint density at radius 3 is 2.40 bits per heavy atom. The number of H-pyrrole nitrogens is 1. The molecule has 1 heterocycles.